The Hall–Kier alpha value is -4.11. The van der Waals surface area contributed by atoms with Crippen LogP contribution in [0.25, 0.3) is 22.6 Å². The molecule has 1 aliphatic heterocycles. The van der Waals surface area contributed by atoms with Crippen molar-refractivity contribution in [1.29, 1.82) is 0 Å². The van der Waals surface area contributed by atoms with Gasteiger partial charge in [0.25, 0.3) is 0 Å². The van der Waals surface area contributed by atoms with Crippen molar-refractivity contribution in [1.82, 2.24) is 19.7 Å². The molecule has 0 bridgehead atoms. The molecule has 6 rings (SSSR count). The quantitative estimate of drug-likeness (QED) is 0.217. The zero-order chi connectivity index (χ0) is 31.9. The Bertz CT molecular complexity index is 1720. The van der Waals surface area contributed by atoms with E-state index in [-0.39, 0.29) is 30.6 Å². The summed E-state index contributed by atoms with van der Waals surface area (Å²) >= 11 is 0. The molecule has 3 heterocycles. The van der Waals surface area contributed by atoms with Gasteiger partial charge in [-0.15, -0.1) is 0 Å². The zero-order valence-corrected chi connectivity index (χ0v) is 26.3. The lowest BCUT2D eigenvalue weighted by Crippen LogP contribution is -2.43. The molecule has 45 heavy (non-hydrogen) atoms. The number of carboxylic acid groups (broad SMARTS) is 1. The Morgan fingerprint density at radius 3 is 2.51 bits per heavy atom. The topological polar surface area (TPSA) is 80.5 Å². The smallest absolute Gasteiger partial charge is 0.356 e. The molecule has 236 valence electrons. The van der Waals surface area contributed by atoms with Crippen LogP contribution in [0, 0.1) is 13.8 Å². The van der Waals surface area contributed by atoms with E-state index in [1.54, 1.807) is 11.6 Å². The maximum atomic E-state index is 13.7. The van der Waals surface area contributed by atoms with E-state index in [4.69, 9.17) is 9.72 Å². The summed E-state index contributed by atoms with van der Waals surface area (Å²) in [7, 11) is 0. The average molecular weight is 615 g/mol. The van der Waals surface area contributed by atoms with Gasteiger partial charge in [-0.25, -0.2) is 18.6 Å². The lowest BCUT2D eigenvalue weighted by Gasteiger charge is -2.39. The first-order chi connectivity index (χ1) is 21.5. The van der Waals surface area contributed by atoms with E-state index >= 15 is 0 Å². The number of aromatic carboxylic acids is 1. The molecule has 7 nitrogen and oxygen atoms in total. The van der Waals surface area contributed by atoms with Gasteiger partial charge in [-0.3, -0.25) is 9.58 Å². The van der Waals surface area contributed by atoms with Crippen LogP contribution >= 0.6 is 0 Å². The number of para-hydroxylation sites is 1. The van der Waals surface area contributed by atoms with Crippen molar-refractivity contribution < 1.29 is 23.4 Å². The average Bonchev–Trinajstić information content (AvgIpc) is 3.38. The van der Waals surface area contributed by atoms with Crippen LogP contribution < -0.4 is 4.74 Å². The molecule has 0 radical (unpaired) electrons. The number of hydrogen-bond acceptors (Lipinski definition) is 5. The fraction of sp³-hybridized carbons (Fsp3) is 0.417. The maximum Gasteiger partial charge on any atom is 0.356 e. The predicted molar refractivity (Wildman–Crippen MR) is 170 cm³/mol. The molecule has 2 aliphatic rings. The van der Waals surface area contributed by atoms with Gasteiger partial charge in [-0.2, -0.15) is 5.10 Å². The van der Waals surface area contributed by atoms with Crippen molar-refractivity contribution in [2.24, 2.45) is 0 Å². The van der Waals surface area contributed by atoms with Crippen LogP contribution in [-0.4, -0.2) is 49.2 Å². The molecule has 2 aromatic heterocycles. The molecule has 0 spiro atoms. The predicted octanol–water partition coefficient (Wildman–Crippen LogP) is 8.02. The number of pyridine rings is 1. The highest BCUT2D eigenvalue weighted by Crippen LogP contribution is 2.38. The number of nitrogens with zero attached hydrogens (tertiary/aromatic N) is 4. The van der Waals surface area contributed by atoms with Gasteiger partial charge in [0.1, 0.15) is 12.4 Å². The van der Waals surface area contributed by atoms with E-state index in [1.807, 2.05) is 57.2 Å². The van der Waals surface area contributed by atoms with Crippen LogP contribution in [0.15, 0.2) is 54.6 Å². The standard InChI is InChI=1S/C36H40F2N4O3/c1-22(2)42-33(24(4)32(40-42)35(43)44)31-10-6-9-30(39-31)29-8-5-7-23(3)34(29)45-21-25-11-12-27-20-41(18-15-26(27)19-25)28-13-16-36(37,38)17-14-28/h5-12,19,22,28H,13-18,20-21H2,1-4H3,(H,43,44). The first kappa shape index (κ1) is 30.9. The molecule has 1 aliphatic carbocycles. The lowest BCUT2D eigenvalue weighted by atomic mass is 9.89. The summed E-state index contributed by atoms with van der Waals surface area (Å²) in [5, 5.41) is 14.1. The first-order valence-electron chi connectivity index (χ1n) is 15.8. The molecular weight excluding hydrogens is 574 g/mol. The fourth-order valence-electron chi connectivity index (χ4n) is 6.74. The summed E-state index contributed by atoms with van der Waals surface area (Å²) in [6.45, 7) is 9.81. The number of hydrogen-bond donors (Lipinski definition) is 1. The highest BCUT2D eigenvalue weighted by Gasteiger charge is 2.37. The third kappa shape index (κ3) is 6.36. The fourth-order valence-corrected chi connectivity index (χ4v) is 6.74. The van der Waals surface area contributed by atoms with Crippen molar-refractivity contribution in [3.63, 3.8) is 0 Å². The van der Waals surface area contributed by atoms with Crippen molar-refractivity contribution in [2.75, 3.05) is 6.54 Å². The Morgan fingerprint density at radius 1 is 1.04 bits per heavy atom. The maximum absolute atomic E-state index is 13.7. The van der Waals surface area contributed by atoms with Gasteiger partial charge < -0.3 is 9.84 Å². The second kappa shape index (κ2) is 12.4. The second-order valence-electron chi connectivity index (χ2n) is 12.7. The molecule has 1 N–H and O–H groups in total. The summed E-state index contributed by atoms with van der Waals surface area (Å²) in [6, 6.07) is 18.4. The Labute approximate surface area is 262 Å². The number of benzene rings is 2. The molecule has 0 unspecified atom stereocenters. The molecule has 9 heteroatoms. The van der Waals surface area contributed by atoms with Crippen LogP contribution in [0.1, 0.15) is 83.9 Å². The van der Waals surface area contributed by atoms with E-state index < -0.39 is 11.9 Å². The third-order valence-corrected chi connectivity index (χ3v) is 9.22. The van der Waals surface area contributed by atoms with Gasteiger partial charge in [0.2, 0.25) is 5.92 Å². The highest BCUT2D eigenvalue weighted by molar-refractivity contribution is 5.89. The van der Waals surface area contributed by atoms with Crippen molar-refractivity contribution in [2.45, 2.75) is 91.0 Å². The minimum atomic E-state index is -2.50. The summed E-state index contributed by atoms with van der Waals surface area (Å²) < 4.78 is 35.6. The largest absolute Gasteiger partial charge is 0.488 e. The monoisotopic (exact) mass is 614 g/mol. The van der Waals surface area contributed by atoms with E-state index in [0.717, 1.165) is 47.6 Å². The van der Waals surface area contributed by atoms with Crippen molar-refractivity contribution >= 4 is 5.97 Å². The van der Waals surface area contributed by atoms with Crippen LogP contribution in [-0.2, 0) is 19.6 Å². The van der Waals surface area contributed by atoms with Gasteiger partial charge in [0.05, 0.1) is 17.1 Å². The van der Waals surface area contributed by atoms with Gasteiger partial charge in [0.15, 0.2) is 5.69 Å². The number of aromatic nitrogens is 3. The SMILES string of the molecule is Cc1cccc(-c2cccc(-c3c(C)c(C(=O)O)nn3C(C)C)n2)c1OCc1ccc2c(c1)CCN(C1CCC(F)(F)CC1)C2. The molecule has 0 saturated heterocycles. The summed E-state index contributed by atoms with van der Waals surface area (Å²) in [5.74, 6) is -2.81. The van der Waals surface area contributed by atoms with Crippen molar-refractivity contribution in [3.05, 3.63) is 88.1 Å². The first-order valence-corrected chi connectivity index (χ1v) is 15.8. The van der Waals surface area contributed by atoms with E-state index in [0.29, 0.717) is 36.4 Å². The number of aryl methyl sites for hydroxylation is 1. The van der Waals surface area contributed by atoms with Gasteiger partial charge >= 0.3 is 5.97 Å². The highest BCUT2D eigenvalue weighted by atomic mass is 19.3. The van der Waals surface area contributed by atoms with E-state index in [2.05, 4.69) is 28.2 Å². The van der Waals surface area contributed by atoms with Gasteiger partial charge in [-0.05, 0) is 87.4 Å². The van der Waals surface area contributed by atoms with Crippen LogP contribution in [0.3, 0.4) is 0 Å². The van der Waals surface area contributed by atoms with Gasteiger partial charge in [-0.1, -0.05) is 36.4 Å². The molecule has 2 aromatic carbocycles. The van der Waals surface area contributed by atoms with Gasteiger partial charge in [0, 0.05) is 49.1 Å². The normalized spacial score (nSPS) is 17.0. The minimum Gasteiger partial charge on any atom is -0.488 e. The summed E-state index contributed by atoms with van der Waals surface area (Å²) in [5.41, 5.74) is 8.16. The molecule has 1 fully saturated rings. The number of ether oxygens (including phenoxy) is 1. The number of halogens is 2. The third-order valence-electron chi connectivity index (χ3n) is 9.22. The molecular formula is C36H40F2N4O3. The summed E-state index contributed by atoms with van der Waals surface area (Å²) in [4.78, 5) is 19.2. The number of carbonyl (C=O) groups is 1. The number of fused-ring (bicyclic) bond motifs is 1. The summed E-state index contributed by atoms with van der Waals surface area (Å²) in [6.07, 6.45) is 2.01. The lowest BCUT2D eigenvalue weighted by molar-refractivity contribution is -0.0552. The molecule has 0 amide bonds. The number of carboxylic acids is 1. The zero-order valence-electron chi connectivity index (χ0n) is 26.3. The Kier molecular flexibility index (Phi) is 8.48. The molecule has 0 atom stereocenters. The van der Waals surface area contributed by atoms with E-state index in [1.165, 1.54) is 11.1 Å². The van der Waals surface area contributed by atoms with Crippen LogP contribution in [0.2, 0.25) is 0 Å². The minimum absolute atomic E-state index is 0.00797. The molecule has 1 saturated carbocycles. The Morgan fingerprint density at radius 2 is 1.78 bits per heavy atom. The number of rotatable bonds is 8. The Balaban J connectivity index is 1.21. The second-order valence-corrected chi connectivity index (χ2v) is 12.7. The van der Waals surface area contributed by atoms with E-state index in [9.17, 15) is 18.7 Å². The van der Waals surface area contributed by atoms with Crippen LogP contribution in [0.4, 0.5) is 8.78 Å². The van der Waals surface area contributed by atoms with Crippen molar-refractivity contribution in [3.8, 4) is 28.4 Å². The van der Waals surface area contributed by atoms with Crippen LogP contribution in [0.5, 0.6) is 5.75 Å². The number of alkyl halides is 2. The molecule has 4 aromatic rings.